The zero-order valence-electron chi connectivity index (χ0n) is 11.4. The Morgan fingerprint density at radius 1 is 1.22 bits per heavy atom. The van der Waals surface area contributed by atoms with Crippen molar-refractivity contribution in [3.8, 4) is 0 Å². The highest BCUT2D eigenvalue weighted by molar-refractivity contribution is 5.34. The summed E-state index contributed by atoms with van der Waals surface area (Å²) in [5, 5.41) is 7.07. The van der Waals surface area contributed by atoms with Crippen molar-refractivity contribution < 1.29 is 0 Å². The van der Waals surface area contributed by atoms with Gasteiger partial charge in [0.2, 0.25) is 0 Å². The molecule has 0 unspecified atom stereocenters. The maximum atomic E-state index is 3.67. The molecule has 0 aromatic heterocycles. The fraction of sp³-hybridized carbons (Fsp3) is 0.625. The molecular formula is C16H24N2. The van der Waals surface area contributed by atoms with E-state index in [1.165, 1.54) is 48.9 Å². The topological polar surface area (TPSA) is 24.1 Å². The van der Waals surface area contributed by atoms with Crippen LogP contribution in [-0.2, 0) is 19.6 Å². The molecule has 0 amide bonds. The second-order valence-electron chi connectivity index (χ2n) is 6.02. The van der Waals surface area contributed by atoms with Crippen molar-refractivity contribution >= 4 is 0 Å². The van der Waals surface area contributed by atoms with Crippen LogP contribution >= 0.6 is 0 Å². The van der Waals surface area contributed by atoms with Gasteiger partial charge in [-0.15, -0.1) is 0 Å². The van der Waals surface area contributed by atoms with Crippen LogP contribution in [0.4, 0.5) is 0 Å². The Kier molecular flexibility index (Phi) is 3.40. The van der Waals surface area contributed by atoms with Crippen LogP contribution in [0.15, 0.2) is 18.2 Å². The number of hydrogen-bond acceptors (Lipinski definition) is 2. The minimum absolute atomic E-state index is 0.623. The van der Waals surface area contributed by atoms with Crippen molar-refractivity contribution in [3.63, 3.8) is 0 Å². The number of nitrogens with one attached hydrogen (secondary N) is 2. The average Bonchev–Trinajstić information content (AvgIpc) is 2.80. The predicted molar refractivity (Wildman–Crippen MR) is 75.3 cm³/mol. The van der Waals surface area contributed by atoms with Gasteiger partial charge in [0.05, 0.1) is 0 Å². The molecular weight excluding hydrogens is 220 g/mol. The number of benzene rings is 1. The maximum Gasteiger partial charge on any atom is 0.0212 e. The SMILES string of the molecule is CCC1(CNCc2ccc3c(c2)CNC3)CCC1. The van der Waals surface area contributed by atoms with E-state index in [9.17, 15) is 0 Å². The van der Waals surface area contributed by atoms with Crippen LogP contribution in [0.5, 0.6) is 0 Å². The third-order valence-corrected chi connectivity index (χ3v) is 4.89. The smallest absolute Gasteiger partial charge is 0.0212 e. The average molecular weight is 244 g/mol. The van der Waals surface area contributed by atoms with Crippen molar-refractivity contribution in [3.05, 3.63) is 34.9 Å². The van der Waals surface area contributed by atoms with Crippen molar-refractivity contribution in [1.82, 2.24) is 10.6 Å². The number of hydrogen-bond donors (Lipinski definition) is 2. The lowest BCUT2D eigenvalue weighted by atomic mass is 9.67. The molecule has 0 atom stereocenters. The normalized spacial score (nSPS) is 20.5. The van der Waals surface area contributed by atoms with E-state index in [-0.39, 0.29) is 0 Å². The highest BCUT2D eigenvalue weighted by atomic mass is 14.9. The Labute approximate surface area is 110 Å². The highest BCUT2D eigenvalue weighted by Crippen LogP contribution is 2.43. The van der Waals surface area contributed by atoms with Gasteiger partial charge < -0.3 is 10.6 Å². The van der Waals surface area contributed by atoms with Gasteiger partial charge in [-0.25, -0.2) is 0 Å². The lowest BCUT2D eigenvalue weighted by Crippen LogP contribution is -2.39. The highest BCUT2D eigenvalue weighted by Gasteiger charge is 2.34. The molecule has 1 aromatic rings. The van der Waals surface area contributed by atoms with E-state index < -0.39 is 0 Å². The first-order valence-corrected chi connectivity index (χ1v) is 7.33. The van der Waals surface area contributed by atoms with Crippen LogP contribution in [-0.4, -0.2) is 6.54 Å². The summed E-state index contributed by atoms with van der Waals surface area (Å²) in [6, 6.07) is 6.92. The summed E-state index contributed by atoms with van der Waals surface area (Å²) in [6.45, 7) is 6.64. The molecule has 1 heterocycles. The third kappa shape index (κ3) is 2.32. The quantitative estimate of drug-likeness (QED) is 0.832. The molecule has 2 aliphatic rings. The summed E-state index contributed by atoms with van der Waals surface area (Å²) in [5.74, 6) is 0. The van der Waals surface area contributed by atoms with Crippen molar-refractivity contribution in [1.29, 1.82) is 0 Å². The molecule has 0 saturated heterocycles. The van der Waals surface area contributed by atoms with E-state index in [1.54, 1.807) is 0 Å². The first kappa shape index (κ1) is 12.2. The lowest BCUT2D eigenvalue weighted by Gasteiger charge is -2.41. The van der Waals surface area contributed by atoms with Crippen LogP contribution in [0.1, 0.15) is 49.3 Å². The van der Waals surface area contributed by atoms with Crippen LogP contribution in [0, 0.1) is 5.41 Å². The van der Waals surface area contributed by atoms with Gasteiger partial charge in [-0.2, -0.15) is 0 Å². The molecule has 2 N–H and O–H groups in total. The van der Waals surface area contributed by atoms with Gasteiger partial charge in [0.25, 0.3) is 0 Å². The molecule has 2 nitrogen and oxygen atoms in total. The summed E-state index contributed by atoms with van der Waals surface area (Å²) in [5.41, 5.74) is 5.02. The third-order valence-electron chi connectivity index (χ3n) is 4.89. The summed E-state index contributed by atoms with van der Waals surface area (Å²) in [4.78, 5) is 0. The zero-order chi connectivity index (χ0) is 12.4. The molecule has 0 spiro atoms. The van der Waals surface area contributed by atoms with Crippen molar-refractivity contribution in [2.24, 2.45) is 5.41 Å². The molecule has 1 aliphatic heterocycles. The molecule has 1 aliphatic carbocycles. The van der Waals surface area contributed by atoms with E-state index in [1.807, 2.05) is 0 Å². The Hall–Kier alpha value is -0.860. The number of fused-ring (bicyclic) bond motifs is 1. The Morgan fingerprint density at radius 2 is 2.06 bits per heavy atom. The van der Waals surface area contributed by atoms with Gasteiger partial charge in [0.15, 0.2) is 0 Å². The molecule has 1 aromatic carbocycles. The van der Waals surface area contributed by atoms with E-state index in [4.69, 9.17) is 0 Å². The van der Waals surface area contributed by atoms with Crippen LogP contribution in [0.3, 0.4) is 0 Å². The molecule has 1 saturated carbocycles. The summed E-state index contributed by atoms with van der Waals surface area (Å²) in [7, 11) is 0. The predicted octanol–water partition coefficient (Wildman–Crippen LogP) is 2.96. The second kappa shape index (κ2) is 5.02. The fourth-order valence-corrected chi connectivity index (χ4v) is 3.26. The molecule has 98 valence electrons. The van der Waals surface area contributed by atoms with E-state index in [0.29, 0.717) is 5.41 Å². The molecule has 1 fully saturated rings. The Bertz CT molecular complexity index is 416. The summed E-state index contributed by atoms with van der Waals surface area (Å²) >= 11 is 0. The van der Waals surface area contributed by atoms with E-state index in [2.05, 4.69) is 35.8 Å². The van der Waals surface area contributed by atoms with Gasteiger partial charge in [-0.05, 0) is 41.4 Å². The Morgan fingerprint density at radius 3 is 2.78 bits per heavy atom. The van der Waals surface area contributed by atoms with Crippen LogP contribution in [0.2, 0.25) is 0 Å². The van der Waals surface area contributed by atoms with Gasteiger partial charge in [-0.3, -0.25) is 0 Å². The van der Waals surface area contributed by atoms with Crippen molar-refractivity contribution in [2.45, 2.75) is 52.2 Å². The van der Waals surface area contributed by atoms with Crippen molar-refractivity contribution in [2.75, 3.05) is 6.54 Å². The monoisotopic (exact) mass is 244 g/mol. The van der Waals surface area contributed by atoms with Gasteiger partial charge >= 0.3 is 0 Å². The largest absolute Gasteiger partial charge is 0.312 e. The first-order chi connectivity index (χ1) is 8.81. The van der Waals surface area contributed by atoms with Crippen LogP contribution in [0.25, 0.3) is 0 Å². The molecule has 2 heteroatoms. The van der Waals surface area contributed by atoms with Gasteiger partial charge in [0, 0.05) is 26.2 Å². The van der Waals surface area contributed by atoms with Crippen LogP contribution < -0.4 is 10.6 Å². The van der Waals surface area contributed by atoms with E-state index >= 15 is 0 Å². The molecule has 18 heavy (non-hydrogen) atoms. The first-order valence-electron chi connectivity index (χ1n) is 7.33. The second-order valence-corrected chi connectivity index (χ2v) is 6.02. The standard InChI is InChI=1S/C16H24N2/c1-2-16(6-3-7-16)12-18-9-13-4-5-14-10-17-11-15(14)8-13/h4-5,8,17-18H,2-3,6-7,9-12H2,1H3. The fourth-order valence-electron chi connectivity index (χ4n) is 3.26. The minimum Gasteiger partial charge on any atom is -0.312 e. The Balaban J connectivity index is 1.54. The molecule has 0 radical (unpaired) electrons. The molecule has 0 bridgehead atoms. The minimum atomic E-state index is 0.623. The molecule has 3 rings (SSSR count). The lowest BCUT2D eigenvalue weighted by molar-refractivity contribution is 0.124. The van der Waals surface area contributed by atoms with E-state index in [0.717, 1.165) is 19.6 Å². The number of rotatable bonds is 5. The van der Waals surface area contributed by atoms with Gasteiger partial charge in [-0.1, -0.05) is 31.5 Å². The van der Waals surface area contributed by atoms with Gasteiger partial charge in [0.1, 0.15) is 0 Å². The zero-order valence-corrected chi connectivity index (χ0v) is 11.4. The summed E-state index contributed by atoms with van der Waals surface area (Å²) in [6.07, 6.45) is 5.60. The summed E-state index contributed by atoms with van der Waals surface area (Å²) < 4.78 is 0. The maximum absolute atomic E-state index is 3.67.